The molecule has 0 aliphatic rings. The van der Waals surface area contributed by atoms with Gasteiger partial charge in [0.05, 0.1) is 0 Å². The van der Waals surface area contributed by atoms with Gasteiger partial charge >= 0.3 is 29.6 Å². The Morgan fingerprint density at radius 1 is 1.50 bits per heavy atom. The number of hydrogen-bond donors (Lipinski definition) is 0. The van der Waals surface area contributed by atoms with Crippen molar-refractivity contribution in [3.05, 3.63) is 6.33 Å². The third kappa shape index (κ3) is 1.49. The van der Waals surface area contributed by atoms with Crippen LogP contribution in [0.15, 0.2) is 0 Å². The summed E-state index contributed by atoms with van der Waals surface area (Å²) in [7, 11) is 0. The molecule has 0 spiro atoms. The minimum atomic E-state index is 0. The predicted octanol–water partition coefficient (Wildman–Crippen LogP) is -4.37. The monoisotopic (exact) mass is 91.0 g/mol. The first-order chi connectivity index (χ1) is 2.50. The Kier molecular flexibility index (Phi) is 3.31. The molecule has 0 unspecified atom stereocenters. The Bertz CT molecular complexity index is 64.0. The molecule has 4 nitrogen and oxygen atoms in total. The van der Waals surface area contributed by atoms with Gasteiger partial charge in [-0.2, -0.15) is 5.21 Å². The molecule has 1 rings (SSSR count). The second-order valence-corrected chi connectivity index (χ2v) is 0.479. The molecule has 1 aromatic heterocycles. The van der Waals surface area contributed by atoms with Gasteiger partial charge < -0.3 is 5.10 Å². The van der Waals surface area contributed by atoms with Crippen molar-refractivity contribution in [3.63, 3.8) is 0 Å². The summed E-state index contributed by atoms with van der Waals surface area (Å²) in [6.07, 6.45) is 2.14. The Morgan fingerprint density at radius 3 is 2.50 bits per heavy atom. The third-order valence-electron chi connectivity index (χ3n) is 0.219. The first-order valence-electron chi connectivity index (χ1n) is 1.05. The average molecular weight is 91.0 g/mol. The normalized spacial score (nSPS) is 6.67. The molecule has 0 saturated heterocycles. The fraction of sp³-hybridized carbons (Fsp3) is 0. The molecular formula is CN4Na. The van der Waals surface area contributed by atoms with E-state index in [1.54, 1.807) is 0 Å². The average Bonchev–Trinajstić information content (AvgIpc) is 1.76. The van der Waals surface area contributed by atoms with Gasteiger partial charge in [-0.05, 0) is 0 Å². The fourth-order valence-electron chi connectivity index (χ4n) is 0.100. The molecule has 0 aliphatic heterocycles. The predicted molar refractivity (Wildman–Crippen MR) is 12.0 cm³/mol. The van der Waals surface area contributed by atoms with Crippen LogP contribution in [-0.2, 0) is 0 Å². The molecule has 5 heteroatoms. The zero-order chi connectivity index (χ0) is 3.54. The van der Waals surface area contributed by atoms with Gasteiger partial charge in [-0.15, -0.1) is 0 Å². The van der Waals surface area contributed by atoms with Crippen LogP contribution in [0.25, 0.3) is 0 Å². The Balaban J connectivity index is 0.000000250. The molecule has 0 aromatic carbocycles. The molecule has 0 aliphatic carbocycles. The summed E-state index contributed by atoms with van der Waals surface area (Å²) in [5, 5.41) is 12.4. The summed E-state index contributed by atoms with van der Waals surface area (Å²) in [4.78, 5) is 0. The van der Waals surface area contributed by atoms with Gasteiger partial charge in [0.15, 0.2) is 0 Å². The van der Waals surface area contributed by atoms with Crippen molar-refractivity contribution in [3.8, 4) is 0 Å². The summed E-state index contributed by atoms with van der Waals surface area (Å²) in [5.41, 5.74) is 0. The number of tetrazole rings is 1. The molecule has 25 valence electrons. The van der Waals surface area contributed by atoms with E-state index in [-0.39, 0.29) is 29.6 Å². The molecule has 6 heavy (non-hydrogen) atoms. The van der Waals surface area contributed by atoms with E-state index in [1.165, 1.54) is 0 Å². The molecule has 1 heterocycles. The first-order valence-corrected chi connectivity index (χ1v) is 1.05. The fourth-order valence-corrected chi connectivity index (χ4v) is 0.100. The van der Waals surface area contributed by atoms with Crippen LogP contribution in [0.5, 0.6) is 0 Å². The molecule has 0 fully saturated rings. The van der Waals surface area contributed by atoms with Crippen molar-refractivity contribution in [1.29, 1.82) is 0 Å². The SMILES string of the molecule is [Na+].[c]1nnn[n-]1. The zero-order valence-electron chi connectivity index (χ0n) is 3.29. The summed E-state index contributed by atoms with van der Waals surface area (Å²) in [6.45, 7) is 0. The van der Waals surface area contributed by atoms with Crippen molar-refractivity contribution >= 4 is 0 Å². The summed E-state index contributed by atoms with van der Waals surface area (Å²) < 4.78 is 0. The van der Waals surface area contributed by atoms with Crippen LogP contribution in [-0.4, -0.2) is 15.5 Å². The molecular weight excluding hydrogens is 91.0 g/mol. The van der Waals surface area contributed by atoms with E-state index >= 15 is 0 Å². The number of nitrogens with zero attached hydrogens (tertiary/aromatic N) is 4. The Labute approximate surface area is 56.6 Å². The van der Waals surface area contributed by atoms with E-state index in [1.807, 2.05) is 0 Å². The van der Waals surface area contributed by atoms with E-state index in [2.05, 4.69) is 27.0 Å². The van der Waals surface area contributed by atoms with Gasteiger partial charge in [-0.3, -0.25) is 10.3 Å². The largest absolute Gasteiger partial charge is 1.00 e. The Morgan fingerprint density at radius 2 is 2.33 bits per heavy atom. The van der Waals surface area contributed by atoms with Gasteiger partial charge in [0.1, 0.15) is 0 Å². The summed E-state index contributed by atoms with van der Waals surface area (Å²) in [6, 6.07) is 0. The maximum absolute atomic E-state index is 3.12. The van der Waals surface area contributed by atoms with Crippen LogP contribution in [0.1, 0.15) is 0 Å². The maximum atomic E-state index is 3.12. The van der Waals surface area contributed by atoms with E-state index < -0.39 is 0 Å². The molecule has 1 aromatic rings. The van der Waals surface area contributed by atoms with E-state index in [0.29, 0.717) is 0 Å². The van der Waals surface area contributed by atoms with Crippen molar-refractivity contribution in [2.75, 3.05) is 0 Å². The number of aromatic nitrogens is 4. The van der Waals surface area contributed by atoms with Crippen molar-refractivity contribution in [1.82, 2.24) is 20.6 Å². The minimum Gasteiger partial charge on any atom is -0.330 e. The van der Waals surface area contributed by atoms with Crippen molar-refractivity contribution < 1.29 is 29.6 Å². The van der Waals surface area contributed by atoms with Crippen molar-refractivity contribution in [2.45, 2.75) is 0 Å². The molecule has 0 N–H and O–H groups in total. The summed E-state index contributed by atoms with van der Waals surface area (Å²) >= 11 is 0. The van der Waals surface area contributed by atoms with Crippen LogP contribution < -0.4 is 34.7 Å². The quantitative estimate of drug-likeness (QED) is 0.303. The van der Waals surface area contributed by atoms with E-state index in [4.69, 9.17) is 0 Å². The van der Waals surface area contributed by atoms with Gasteiger partial charge in [0.25, 0.3) is 0 Å². The maximum Gasteiger partial charge on any atom is 1.00 e. The topological polar surface area (TPSA) is 52.8 Å². The Hall–Kier alpha value is 0.0700. The van der Waals surface area contributed by atoms with Crippen molar-refractivity contribution in [2.24, 2.45) is 0 Å². The van der Waals surface area contributed by atoms with Gasteiger partial charge in [0, 0.05) is 6.33 Å². The van der Waals surface area contributed by atoms with Gasteiger partial charge in [0.2, 0.25) is 0 Å². The molecule has 0 saturated carbocycles. The zero-order valence-corrected chi connectivity index (χ0v) is 5.29. The van der Waals surface area contributed by atoms with Gasteiger partial charge in [-0.25, -0.2) is 0 Å². The minimum absolute atomic E-state index is 0. The molecule has 0 amide bonds. The van der Waals surface area contributed by atoms with Crippen LogP contribution >= 0.6 is 0 Å². The second-order valence-electron chi connectivity index (χ2n) is 0.479. The number of rotatable bonds is 0. The second kappa shape index (κ2) is 3.27. The van der Waals surface area contributed by atoms with Crippen LogP contribution in [0, 0.1) is 6.33 Å². The standard InChI is InChI=1S/CN4.Na/c1-2-4-5-3-1;/q-1;+1. The van der Waals surface area contributed by atoms with E-state index in [0.717, 1.165) is 0 Å². The van der Waals surface area contributed by atoms with E-state index in [9.17, 15) is 0 Å². The van der Waals surface area contributed by atoms with Crippen LogP contribution in [0.2, 0.25) is 0 Å². The molecule has 0 bridgehead atoms. The number of hydrogen-bond acceptors (Lipinski definition) is 3. The van der Waals surface area contributed by atoms with Crippen LogP contribution in [0.3, 0.4) is 0 Å². The summed E-state index contributed by atoms with van der Waals surface area (Å²) in [5.74, 6) is 0. The molecule has 1 radical (unpaired) electrons. The molecule has 0 atom stereocenters. The van der Waals surface area contributed by atoms with Crippen LogP contribution in [0.4, 0.5) is 0 Å². The first kappa shape index (κ1) is 6.07. The smallest absolute Gasteiger partial charge is 0.330 e. The van der Waals surface area contributed by atoms with Gasteiger partial charge in [-0.1, -0.05) is 0 Å². The third-order valence-corrected chi connectivity index (χ3v) is 0.219.